The van der Waals surface area contributed by atoms with Crippen molar-refractivity contribution in [2.75, 3.05) is 18.4 Å². The summed E-state index contributed by atoms with van der Waals surface area (Å²) in [5.74, 6) is 0.161. The number of aryl methyl sites for hydroxylation is 3. The van der Waals surface area contributed by atoms with E-state index in [1.165, 1.54) is 5.56 Å². The van der Waals surface area contributed by atoms with Crippen LogP contribution in [0.15, 0.2) is 12.1 Å². The van der Waals surface area contributed by atoms with E-state index in [1.54, 1.807) is 0 Å². The van der Waals surface area contributed by atoms with Crippen LogP contribution in [0.2, 0.25) is 0 Å². The van der Waals surface area contributed by atoms with Crippen LogP contribution in [0.4, 0.5) is 0 Å². The molecular formula is C15H22BrNO. The molecule has 0 spiro atoms. The molecule has 0 saturated heterocycles. The lowest BCUT2D eigenvalue weighted by atomic mass is 9.98. The summed E-state index contributed by atoms with van der Waals surface area (Å²) < 4.78 is 0. The smallest absolute Gasteiger partial charge is 0.254 e. The molecule has 100 valence electrons. The zero-order valence-electron chi connectivity index (χ0n) is 11.7. The van der Waals surface area contributed by atoms with Crippen LogP contribution in [0.3, 0.4) is 0 Å². The fourth-order valence-corrected chi connectivity index (χ4v) is 2.58. The van der Waals surface area contributed by atoms with E-state index in [0.717, 1.165) is 41.5 Å². The van der Waals surface area contributed by atoms with Gasteiger partial charge in [0.05, 0.1) is 0 Å². The number of rotatable bonds is 5. The molecule has 0 saturated carbocycles. The molecule has 0 aliphatic carbocycles. The molecule has 1 aromatic carbocycles. The quantitative estimate of drug-likeness (QED) is 0.756. The van der Waals surface area contributed by atoms with E-state index in [4.69, 9.17) is 0 Å². The summed E-state index contributed by atoms with van der Waals surface area (Å²) in [7, 11) is 0. The van der Waals surface area contributed by atoms with Crippen LogP contribution < -0.4 is 0 Å². The standard InChI is InChI=1S/C15H22BrNO/c1-5-17(8-6-7-16)15(18)14-12(3)9-11(2)10-13(14)4/h9-10H,5-8H2,1-4H3. The first-order valence-corrected chi connectivity index (χ1v) is 7.56. The summed E-state index contributed by atoms with van der Waals surface area (Å²) in [6.45, 7) is 9.71. The second-order valence-electron chi connectivity index (χ2n) is 4.70. The fourth-order valence-electron chi connectivity index (χ4n) is 2.33. The second-order valence-corrected chi connectivity index (χ2v) is 5.49. The van der Waals surface area contributed by atoms with Crippen molar-refractivity contribution in [1.29, 1.82) is 0 Å². The Labute approximate surface area is 119 Å². The molecule has 0 radical (unpaired) electrons. The van der Waals surface area contributed by atoms with Gasteiger partial charge in [0.2, 0.25) is 0 Å². The zero-order chi connectivity index (χ0) is 13.7. The lowest BCUT2D eigenvalue weighted by Gasteiger charge is -2.22. The van der Waals surface area contributed by atoms with Crippen LogP contribution in [0.1, 0.15) is 40.4 Å². The van der Waals surface area contributed by atoms with Gasteiger partial charge in [0.1, 0.15) is 0 Å². The molecule has 0 heterocycles. The Kier molecular flexibility index (Phi) is 5.86. The van der Waals surface area contributed by atoms with Crippen LogP contribution >= 0.6 is 15.9 Å². The van der Waals surface area contributed by atoms with Gasteiger partial charge in [-0.25, -0.2) is 0 Å². The highest BCUT2D eigenvalue weighted by Gasteiger charge is 2.18. The molecule has 0 unspecified atom stereocenters. The van der Waals surface area contributed by atoms with Crippen LogP contribution in [0.25, 0.3) is 0 Å². The first-order valence-electron chi connectivity index (χ1n) is 6.44. The van der Waals surface area contributed by atoms with Crippen LogP contribution in [0, 0.1) is 20.8 Å². The summed E-state index contributed by atoms with van der Waals surface area (Å²) in [6.07, 6.45) is 0.990. The Morgan fingerprint density at radius 3 is 2.22 bits per heavy atom. The van der Waals surface area contributed by atoms with E-state index in [2.05, 4.69) is 35.0 Å². The van der Waals surface area contributed by atoms with Crippen LogP contribution in [-0.4, -0.2) is 29.2 Å². The molecule has 0 bridgehead atoms. The SMILES string of the molecule is CCN(CCCBr)C(=O)c1c(C)cc(C)cc1C. The van der Waals surface area contributed by atoms with Crippen LogP contribution in [0.5, 0.6) is 0 Å². The van der Waals surface area contributed by atoms with E-state index in [9.17, 15) is 4.79 Å². The van der Waals surface area contributed by atoms with Crippen molar-refractivity contribution in [2.24, 2.45) is 0 Å². The number of hydrogen-bond acceptors (Lipinski definition) is 1. The van der Waals surface area contributed by atoms with Crippen molar-refractivity contribution in [3.8, 4) is 0 Å². The van der Waals surface area contributed by atoms with Gasteiger partial charge in [-0.15, -0.1) is 0 Å². The lowest BCUT2D eigenvalue weighted by Crippen LogP contribution is -2.33. The number of alkyl halides is 1. The van der Waals surface area contributed by atoms with Gasteiger partial charge < -0.3 is 4.90 Å². The topological polar surface area (TPSA) is 20.3 Å². The third-order valence-electron chi connectivity index (χ3n) is 3.12. The van der Waals surface area contributed by atoms with Gasteiger partial charge in [-0.2, -0.15) is 0 Å². The van der Waals surface area contributed by atoms with Crippen molar-refractivity contribution in [2.45, 2.75) is 34.1 Å². The van der Waals surface area contributed by atoms with E-state index >= 15 is 0 Å². The Bertz CT molecular complexity index is 405. The average molecular weight is 312 g/mol. The minimum absolute atomic E-state index is 0.161. The first-order chi connectivity index (χ1) is 8.51. The molecule has 0 fully saturated rings. The second kappa shape index (κ2) is 6.93. The Morgan fingerprint density at radius 2 is 1.78 bits per heavy atom. The van der Waals surface area contributed by atoms with E-state index in [0.29, 0.717) is 0 Å². The van der Waals surface area contributed by atoms with Gasteiger partial charge in [0.25, 0.3) is 5.91 Å². The Morgan fingerprint density at radius 1 is 1.22 bits per heavy atom. The van der Waals surface area contributed by atoms with Crippen molar-refractivity contribution in [3.05, 3.63) is 34.4 Å². The number of carbonyl (C=O) groups is 1. The predicted molar refractivity (Wildman–Crippen MR) is 80.6 cm³/mol. The summed E-state index contributed by atoms with van der Waals surface area (Å²) in [5.41, 5.74) is 4.24. The molecule has 18 heavy (non-hydrogen) atoms. The fraction of sp³-hybridized carbons (Fsp3) is 0.533. The van der Waals surface area contributed by atoms with Gasteiger partial charge in [-0.05, 0) is 45.2 Å². The normalized spacial score (nSPS) is 10.5. The average Bonchev–Trinajstić information content (AvgIpc) is 2.28. The van der Waals surface area contributed by atoms with Gasteiger partial charge in [0, 0.05) is 24.0 Å². The molecule has 3 heteroatoms. The van der Waals surface area contributed by atoms with Crippen molar-refractivity contribution < 1.29 is 4.79 Å². The van der Waals surface area contributed by atoms with Gasteiger partial charge in [0.15, 0.2) is 0 Å². The third-order valence-corrected chi connectivity index (χ3v) is 3.68. The molecule has 2 nitrogen and oxygen atoms in total. The van der Waals surface area contributed by atoms with Crippen molar-refractivity contribution >= 4 is 21.8 Å². The minimum atomic E-state index is 0.161. The number of nitrogens with zero attached hydrogens (tertiary/aromatic N) is 1. The van der Waals surface area contributed by atoms with Crippen molar-refractivity contribution in [3.63, 3.8) is 0 Å². The summed E-state index contributed by atoms with van der Waals surface area (Å²) in [5, 5.41) is 0.933. The van der Waals surface area contributed by atoms with E-state index in [1.807, 2.05) is 25.7 Å². The predicted octanol–water partition coefficient (Wildman–Crippen LogP) is 3.86. The number of carbonyl (C=O) groups excluding carboxylic acids is 1. The van der Waals surface area contributed by atoms with E-state index in [-0.39, 0.29) is 5.91 Å². The van der Waals surface area contributed by atoms with Crippen molar-refractivity contribution in [1.82, 2.24) is 4.90 Å². The van der Waals surface area contributed by atoms with Gasteiger partial charge >= 0.3 is 0 Å². The molecule has 1 amide bonds. The zero-order valence-corrected chi connectivity index (χ0v) is 13.3. The molecule has 0 aliphatic heterocycles. The molecule has 0 atom stereocenters. The molecule has 1 rings (SSSR count). The number of benzene rings is 1. The van der Waals surface area contributed by atoms with Crippen LogP contribution in [-0.2, 0) is 0 Å². The monoisotopic (exact) mass is 311 g/mol. The molecule has 0 aromatic heterocycles. The molecule has 1 aromatic rings. The maximum Gasteiger partial charge on any atom is 0.254 e. The molecule has 0 aliphatic rings. The highest BCUT2D eigenvalue weighted by Crippen LogP contribution is 2.18. The highest BCUT2D eigenvalue weighted by atomic mass is 79.9. The summed E-state index contributed by atoms with van der Waals surface area (Å²) in [6, 6.07) is 4.16. The largest absolute Gasteiger partial charge is 0.339 e. The van der Waals surface area contributed by atoms with E-state index < -0.39 is 0 Å². The number of halogens is 1. The molecular weight excluding hydrogens is 290 g/mol. The number of amides is 1. The Balaban J connectivity index is 3.01. The third kappa shape index (κ3) is 3.58. The van der Waals surface area contributed by atoms with Gasteiger partial charge in [-0.1, -0.05) is 33.6 Å². The highest BCUT2D eigenvalue weighted by molar-refractivity contribution is 9.09. The summed E-state index contributed by atoms with van der Waals surface area (Å²) in [4.78, 5) is 14.5. The maximum atomic E-state index is 12.5. The first kappa shape index (κ1) is 15.2. The minimum Gasteiger partial charge on any atom is -0.339 e. The lowest BCUT2D eigenvalue weighted by molar-refractivity contribution is 0.0763. The summed E-state index contributed by atoms with van der Waals surface area (Å²) >= 11 is 3.41. The molecule has 0 N–H and O–H groups in total. The maximum absolute atomic E-state index is 12.5. The Hall–Kier alpha value is -0.830. The van der Waals surface area contributed by atoms with Gasteiger partial charge in [-0.3, -0.25) is 4.79 Å². The number of hydrogen-bond donors (Lipinski definition) is 0.